The van der Waals surface area contributed by atoms with Crippen molar-refractivity contribution in [1.82, 2.24) is 30.2 Å². The number of rotatable bonds is 4. The molecule has 0 radical (unpaired) electrons. The lowest BCUT2D eigenvalue weighted by Crippen LogP contribution is -2.28. The predicted molar refractivity (Wildman–Crippen MR) is 89.3 cm³/mol. The van der Waals surface area contributed by atoms with E-state index in [4.69, 9.17) is 4.52 Å². The first kappa shape index (κ1) is 19.0. The summed E-state index contributed by atoms with van der Waals surface area (Å²) in [6, 6.07) is 3.31. The fourth-order valence-electron chi connectivity index (χ4n) is 2.22. The third-order valence-electron chi connectivity index (χ3n) is 3.55. The molecule has 3 heterocycles. The van der Waals surface area contributed by atoms with Crippen molar-refractivity contribution in [3.8, 4) is 11.4 Å². The summed E-state index contributed by atoms with van der Waals surface area (Å²) in [7, 11) is 1.25. The van der Waals surface area contributed by atoms with E-state index in [0.29, 0.717) is 16.2 Å². The van der Waals surface area contributed by atoms with E-state index in [2.05, 4.69) is 41.5 Å². The minimum Gasteiger partial charge on any atom is -0.339 e. The zero-order chi connectivity index (χ0) is 19.8. The summed E-state index contributed by atoms with van der Waals surface area (Å²) < 4.78 is 44.7. The van der Waals surface area contributed by atoms with Gasteiger partial charge in [0.05, 0.1) is 0 Å². The van der Waals surface area contributed by atoms with Gasteiger partial charge in [0.25, 0.3) is 5.91 Å². The van der Waals surface area contributed by atoms with Crippen LogP contribution in [0, 0.1) is 0 Å². The average molecular weight is 445 g/mol. The largest absolute Gasteiger partial charge is 0.435 e. The second-order valence-corrected chi connectivity index (χ2v) is 6.37. The van der Waals surface area contributed by atoms with Crippen LogP contribution in [-0.4, -0.2) is 30.8 Å². The average Bonchev–Trinajstić information content (AvgIpc) is 3.21. The Kier molecular flexibility index (Phi) is 5.00. The van der Waals surface area contributed by atoms with Crippen LogP contribution in [0.1, 0.15) is 35.0 Å². The molecule has 8 nitrogen and oxygen atoms in total. The molecular formula is C15H12BrF3N6O2. The van der Waals surface area contributed by atoms with Gasteiger partial charge in [-0.3, -0.25) is 9.48 Å². The monoisotopic (exact) mass is 444 g/mol. The van der Waals surface area contributed by atoms with Crippen LogP contribution in [0.25, 0.3) is 11.4 Å². The molecule has 0 aromatic carbocycles. The summed E-state index contributed by atoms with van der Waals surface area (Å²) in [6.45, 7) is 1.57. The maximum atomic E-state index is 12.7. The maximum absolute atomic E-state index is 12.7. The van der Waals surface area contributed by atoms with Gasteiger partial charge in [0.1, 0.15) is 16.3 Å². The number of aromatic nitrogens is 5. The highest BCUT2D eigenvalue weighted by atomic mass is 79.9. The van der Waals surface area contributed by atoms with Gasteiger partial charge in [-0.15, -0.1) is 0 Å². The first-order chi connectivity index (χ1) is 12.6. The summed E-state index contributed by atoms with van der Waals surface area (Å²) >= 11 is 3.23. The van der Waals surface area contributed by atoms with E-state index < -0.39 is 23.8 Å². The van der Waals surface area contributed by atoms with Crippen molar-refractivity contribution in [1.29, 1.82) is 0 Å². The second-order valence-electron chi connectivity index (χ2n) is 5.55. The Bertz CT molecular complexity index is 984. The molecular weight excluding hydrogens is 433 g/mol. The third-order valence-corrected chi connectivity index (χ3v) is 3.98. The van der Waals surface area contributed by atoms with Gasteiger partial charge in [-0.1, -0.05) is 5.16 Å². The molecule has 142 valence electrons. The van der Waals surface area contributed by atoms with Gasteiger partial charge < -0.3 is 9.84 Å². The summed E-state index contributed by atoms with van der Waals surface area (Å²) in [5.41, 5.74) is -0.745. The number of nitrogens with one attached hydrogen (secondary N) is 1. The lowest BCUT2D eigenvalue weighted by Gasteiger charge is -2.09. The van der Waals surface area contributed by atoms with Crippen LogP contribution in [0.3, 0.4) is 0 Å². The topological polar surface area (TPSA) is 98.7 Å². The summed E-state index contributed by atoms with van der Waals surface area (Å²) in [4.78, 5) is 20.5. The van der Waals surface area contributed by atoms with Crippen LogP contribution >= 0.6 is 15.9 Å². The van der Waals surface area contributed by atoms with Gasteiger partial charge in [-0.05, 0) is 35.0 Å². The number of alkyl halides is 3. The number of pyridine rings is 1. The van der Waals surface area contributed by atoms with Crippen molar-refractivity contribution in [2.75, 3.05) is 0 Å². The van der Waals surface area contributed by atoms with Crippen LogP contribution in [0.4, 0.5) is 13.2 Å². The molecule has 1 atom stereocenters. The molecule has 3 aromatic rings. The van der Waals surface area contributed by atoms with Gasteiger partial charge >= 0.3 is 6.18 Å². The van der Waals surface area contributed by atoms with Crippen molar-refractivity contribution in [2.24, 2.45) is 7.05 Å². The highest BCUT2D eigenvalue weighted by Gasteiger charge is 2.35. The first-order valence-electron chi connectivity index (χ1n) is 7.53. The standard InChI is InChI=1S/C15H12BrF3N6O2/c1-7(14-22-12(24-27-14)8-3-4-20-11(16)5-8)21-13(26)9-6-10(15(17,18)19)23-25(9)2/h3-7H,1-2H3,(H,21,26). The number of carbonyl (C=O) groups excluding carboxylic acids is 1. The molecule has 1 N–H and O–H groups in total. The Hall–Kier alpha value is -2.76. The van der Waals surface area contributed by atoms with Crippen molar-refractivity contribution in [3.63, 3.8) is 0 Å². The molecule has 0 saturated heterocycles. The van der Waals surface area contributed by atoms with Crippen molar-refractivity contribution in [2.45, 2.75) is 19.1 Å². The minimum atomic E-state index is -4.64. The second kappa shape index (κ2) is 7.10. The van der Waals surface area contributed by atoms with Crippen molar-refractivity contribution in [3.05, 3.63) is 46.3 Å². The molecule has 0 saturated carbocycles. The number of halogens is 4. The Labute approximate surface area is 158 Å². The van der Waals surface area contributed by atoms with Gasteiger partial charge in [0.15, 0.2) is 5.69 Å². The lowest BCUT2D eigenvalue weighted by molar-refractivity contribution is -0.141. The van der Waals surface area contributed by atoms with E-state index in [0.717, 1.165) is 4.68 Å². The SMILES string of the molecule is CC(NC(=O)c1cc(C(F)(F)F)nn1C)c1nc(-c2ccnc(Br)c2)no1. The van der Waals surface area contributed by atoms with Crippen molar-refractivity contribution < 1.29 is 22.5 Å². The molecule has 3 aromatic heterocycles. The highest BCUT2D eigenvalue weighted by molar-refractivity contribution is 9.10. The Morgan fingerprint density at radius 3 is 2.74 bits per heavy atom. The van der Waals surface area contributed by atoms with Crippen LogP contribution in [0.5, 0.6) is 0 Å². The first-order valence-corrected chi connectivity index (χ1v) is 8.32. The molecule has 0 aliphatic carbocycles. The van der Waals surface area contributed by atoms with Crippen LogP contribution in [0.2, 0.25) is 0 Å². The van der Waals surface area contributed by atoms with Crippen molar-refractivity contribution >= 4 is 21.8 Å². The van der Waals surface area contributed by atoms with Gasteiger partial charge in [-0.2, -0.15) is 23.3 Å². The number of nitrogens with zero attached hydrogens (tertiary/aromatic N) is 5. The maximum Gasteiger partial charge on any atom is 0.435 e. The molecule has 0 bridgehead atoms. The van der Waals surface area contributed by atoms with Crippen LogP contribution < -0.4 is 5.32 Å². The molecule has 3 rings (SSSR count). The van der Waals surface area contributed by atoms with E-state index in [1.165, 1.54) is 7.05 Å². The van der Waals surface area contributed by atoms with Crippen LogP contribution in [-0.2, 0) is 13.2 Å². The molecule has 0 spiro atoms. The van der Waals surface area contributed by atoms with E-state index in [1.807, 2.05) is 0 Å². The quantitative estimate of drug-likeness (QED) is 0.620. The zero-order valence-corrected chi connectivity index (χ0v) is 15.5. The Balaban J connectivity index is 1.75. The smallest absolute Gasteiger partial charge is 0.339 e. The summed E-state index contributed by atoms with van der Waals surface area (Å²) in [5.74, 6) is -0.363. The number of carbonyl (C=O) groups is 1. The van der Waals surface area contributed by atoms with E-state index in [9.17, 15) is 18.0 Å². The van der Waals surface area contributed by atoms with E-state index in [1.54, 1.807) is 25.3 Å². The number of hydrogen-bond acceptors (Lipinski definition) is 6. The number of amides is 1. The fraction of sp³-hybridized carbons (Fsp3) is 0.267. The molecule has 0 aliphatic rings. The summed E-state index contributed by atoms with van der Waals surface area (Å²) in [5, 5.41) is 9.64. The van der Waals surface area contributed by atoms with Crippen LogP contribution in [0.15, 0.2) is 33.5 Å². The Morgan fingerprint density at radius 1 is 1.37 bits per heavy atom. The van der Waals surface area contributed by atoms with Gasteiger partial charge in [-0.25, -0.2) is 4.98 Å². The highest BCUT2D eigenvalue weighted by Crippen LogP contribution is 2.28. The zero-order valence-electron chi connectivity index (χ0n) is 14.0. The normalized spacial score (nSPS) is 12.8. The molecule has 1 unspecified atom stereocenters. The minimum absolute atomic E-state index is 0.101. The third kappa shape index (κ3) is 4.15. The molecule has 0 fully saturated rings. The van der Waals surface area contributed by atoms with E-state index >= 15 is 0 Å². The molecule has 12 heteroatoms. The van der Waals surface area contributed by atoms with Gasteiger partial charge in [0, 0.05) is 24.9 Å². The van der Waals surface area contributed by atoms with E-state index in [-0.39, 0.29) is 17.4 Å². The molecule has 27 heavy (non-hydrogen) atoms. The molecule has 0 aliphatic heterocycles. The lowest BCUT2D eigenvalue weighted by atomic mass is 10.2. The molecule has 1 amide bonds. The Morgan fingerprint density at radius 2 is 2.11 bits per heavy atom. The fourth-order valence-corrected chi connectivity index (χ4v) is 2.59. The predicted octanol–water partition coefficient (Wildman–Crippen LogP) is 3.14. The number of hydrogen-bond donors (Lipinski definition) is 1. The van der Waals surface area contributed by atoms with Gasteiger partial charge in [0.2, 0.25) is 11.7 Å². The number of aryl methyl sites for hydroxylation is 1. The summed E-state index contributed by atoms with van der Waals surface area (Å²) in [6.07, 6.45) is -3.08.